The fourth-order valence-corrected chi connectivity index (χ4v) is 11.2. The number of para-hydroxylation sites is 1. The summed E-state index contributed by atoms with van der Waals surface area (Å²) < 4.78 is 47.3. The van der Waals surface area contributed by atoms with Crippen molar-refractivity contribution in [2.24, 2.45) is 28.8 Å². The zero-order chi connectivity index (χ0) is 60.5. The van der Waals surface area contributed by atoms with Crippen molar-refractivity contribution < 1.29 is 61.9 Å². The molecule has 1 aromatic heterocycles. The predicted molar refractivity (Wildman–Crippen MR) is 332 cm³/mol. The molecule has 0 radical (unpaired) electrons. The molecule has 0 atom stereocenters. The van der Waals surface area contributed by atoms with Gasteiger partial charge in [0.1, 0.15) is 40.3 Å². The number of fused-ring (bicyclic) bond motifs is 1. The summed E-state index contributed by atoms with van der Waals surface area (Å²) in [6, 6.07) is 35.3. The van der Waals surface area contributed by atoms with Gasteiger partial charge < -0.3 is 37.9 Å². The van der Waals surface area contributed by atoms with E-state index in [0.29, 0.717) is 92.9 Å². The van der Waals surface area contributed by atoms with E-state index in [4.69, 9.17) is 48.0 Å². The molecule has 5 aromatic carbocycles. The highest BCUT2D eigenvalue weighted by Gasteiger charge is 2.34. The number of anilines is 2. The van der Waals surface area contributed by atoms with Crippen LogP contribution in [0, 0.1) is 30.6 Å². The van der Waals surface area contributed by atoms with Crippen LogP contribution in [0.1, 0.15) is 121 Å². The molecule has 86 heavy (non-hydrogen) atoms. The number of carbonyl (C=O) groups is 5. The van der Waals surface area contributed by atoms with Crippen molar-refractivity contribution in [3.8, 4) is 34.5 Å². The lowest BCUT2D eigenvalue weighted by Crippen LogP contribution is -2.30. The predicted octanol–water partition coefficient (Wildman–Crippen LogP) is 15.1. The Labute approximate surface area is 507 Å². The number of esters is 5. The van der Waals surface area contributed by atoms with Crippen LogP contribution in [0.4, 0.5) is 10.8 Å². The molecule has 6 aromatic rings. The number of nitrogens with zero attached hydrogens (tertiary/aromatic N) is 3. The Morgan fingerprint density at radius 2 is 1.01 bits per heavy atom. The lowest BCUT2D eigenvalue weighted by Gasteiger charge is -2.29. The molecule has 2 fully saturated rings. The first-order chi connectivity index (χ1) is 41.9. The summed E-state index contributed by atoms with van der Waals surface area (Å²) in [6.07, 6.45) is 17.5. The lowest BCUT2D eigenvalue weighted by atomic mass is 9.81. The van der Waals surface area contributed by atoms with E-state index >= 15 is 0 Å². The van der Waals surface area contributed by atoms with Crippen LogP contribution in [0.2, 0.25) is 0 Å². The van der Waals surface area contributed by atoms with Crippen LogP contribution in [-0.2, 0) is 33.4 Å². The van der Waals surface area contributed by atoms with Gasteiger partial charge in [-0.2, -0.15) is 5.10 Å². The summed E-state index contributed by atoms with van der Waals surface area (Å²) in [5, 5.41) is 7.35. The minimum atomic E-state index is -0.443. The molecule has 0 unspecified atom stereocenters. The van der Waals surface area contributed by atoms with Crippen molar-refractivity contribution in [3.63, 3.8) is 0 Å². The summed E-state index contributed by atoms with van der Waals surface area (Å²) >= 11 is 1.49. The molecular formula is C69H77N3O13S. The third-order valence-corrected chi connectivity index (χ3v) is 16.2. The molecule has 0 amide bonds. The number of hydrogen-bond donors (Lipinski definition) is 0. The number of hydrazone groups is 1. The van der Waals surface area contributed by atoms with Crippen LogP contribution >= 0.6 is 11.3 Å². The van der Waals surface area contributed by atoms with Gasteiger partial charge in [0.25, 0.3) is 0 Å². The highest BCUT2D eigenvalue weighted by molar-refractivity contribution is 7.22. The topological polar surface area (TPSA) is 188 Å². The van der Waals surface area contributed by atoms with Crippen molar-refractivity contribution in [2.75, 3.05) is 31.4 Å². The number of benzene rings is 5. The molecule has 0 N–H and O–H groups in total. The second-order valence-electron chi connectivity index (χ2n) is 21.4. The second kappa shape index (κ2) is 33.2. The second-order valence-corrected chi connectivity index (χ2v) is 22.4. The smallest absolute Gasteiger partial charge is 0.330 e. The first-order valence-corrected chi connectivity index (χ1v) is 30.7. The maximum atomic E-state index is 14.1. The minimum Gasteiger partial charge on any atom is -0.494 e. The van der Waals surface area contributed by atoms with E-state index in [1.54, 1.807) is 53.7 Å². The molecule has 452 valence electrons. The zero-order valence-electron chi connectivity index (χ0n) is 49.2. The molecule has 0 bridgehead atoms. The standard InChI is InChI=1S/C69H77N3O13S/c1-5-61(82-57-36-32-55(33-37-57)78-42-14-8-10-16-44-80-64(73)6-2)49-22-24-52(25-23-49)68(77)85-62-41-40-59(46-53(62)47-70-72(54-30-20-48(4)21-31-54)69-71-60-18-12-13-19-63(60)86-69)84-67(76)51-28-26-50(27-29-51)66(75)83-58-38-34-56(35-39-58)79-43-15-9-11-17-45-81-65(74)7-3/h5-7,12-13,18-21,30-41,46-47,49-52H,2-3,8-11,14-17,22-29,42-45H2,1,4H3/b61-5?,70-47+/t49-,50-,51-,52-. The zero-order valence-corrected chi connectivity index (χ0v) is 50.0. The fraction of sp³-hybridized carbons (Fsp3) is 0.377. The fourth-order valence-electron chi connectivity index (χ4n) is 10.2. The summed E-state index contributed by atoms with van der Waals surface area (Å²) in [5.74, 6) is 0.912. The summed E-state index contributed by atoms with van der Waals surface area (Å²) in [5.41, 5.74) is 3.10. The van der Waals surface area contributed by atoms with Crippen LogP contribution < -0.4 is 33.4 Å². The Morgan fingerprint density at radius 1 is 0.547 bits per heavy atom. The number of aromatic nitrogens is 1. The number of rotatable bonds is 31. The average Bonchev–Trinajstić information content (AvgIpc) is 3.96. The highest BCUT2D eigenvalue weighted by atomic mass is 32.1. The summed E-state index contributed by atoms with van der Waals surface area (Å²) in [6.45, 7) is 12.7. The van der Waals surface area contributed by atoms with Gasteiger partial charge in [-0.05, 0) is 214 Å². The first-order valence-electron chi connectivity index (χ1n) is 29.9. The summed E-state index contributed by atoms with van der Waals surface area (Å²) in [4.78, 5) is 68.6. The number of thiazole rings is 1. The van der Waals surface area contributed by atoms with Crippen molar-refractivity contribution in [2.45, 2.75) is 117 Å². The van der Waals surface area contributed by atoms with Gasteiger partial charge in [0.2, 0.25) is 5.13 Å². The van der Waals surface area contributed by atoms with E-state index < -0.39 is 23.8 Å². The molecule has 0 saturated heterocycles. The lowest BCUT2D eigenvalue weighted by molar-refractivity contribution is -0.145. The van der Waals surface area contributed by atoms with Gasteiger partial charge in [0.15, 0.2) is 0 Å². The molecule has 16 nitrogen and oxygen atoms in total. The van der Waals surface area contributed by atoms with E-state index in [1.807, 2.05) is 92.7 Å². The van der Waals surface area contributed by atoms with Crippen LogP contribution in [0.15, 0.2) is 158 Å². The largest absolute Gasteiger partial charge is 0.494 e. The molecule has 0 aliphatic heterocycles. The molecule has 8 rings (SSSR count). The molecule has 0 spiro atoms. The maximum Gasteiger partial charge on any atom is 0.330 e. The van der Waals surface area contributed by atoms with E-state index in [-0.39, 0.29) is 41.2 Å². The Kier molecular flexibility index (Phi) is 24.5. The monoisotopic (exact) mass is 1190 g/mol. The van der Waals surface area contributed by atoms with Crippen molar-refractivity contribution in [1.29, 1.82) is 0 Å². The Bertz CT molecular complexity index is 3230. The van der Waals surface area contributed by atoms with Crippen molar-refractivity contribution in [3.05, 3.63) is 164 Å². The molecular weight excluding hydrogens is 1110 g/mol. The van der Waals surface area contributed by atoms with Gasteiger partial charge in [-0.25, -0.2) is 19.6 Å². The van der Waals surface area contributed by atoms with Crippen LogP contribution in [0.5, 0.6) is 34.5 Å². The van der Waals surface area contributed by atoms with E-state index in [1.165, 1.54) is 17.4 Å². The van der Waals surface area contributed by atoms with Gasteiger partial charge in [-0.3, -0.25) is 14.4 Å². The molecule has 2 saturated carbocycles. The van der Waals surface area contributed by atoms with Crippen molar-refractivity contribution >= 4 is 68.4 Å². The van der Waals surface area contributed by atoms with Gasteiger partial charge in [-0.1, -0.05) is 54.3 Å². The van der Waals surface area contributed by atoms with Gasteiger partial charge in [0.05, 0.1) is 66.3 Å². The van der Waals surface area contributed by atoms with Gasteiger partial charge in [0, 0.05) is 23.6 Å². The number of ether oxygens (including phenoxy) is 8. The van der Waals surface area contributed by atoms with E-state index in [0.717, 1.165) is 103 Å². The van der Waals surface area contributed by atoms with Gasteiger partial charge in [-0.15, -0.1) is 0 Å². The Balaban J connectivity index is 0.857. The van der Waals surface area contributed by atoms with Crippen LogP contribution in [0.25, 0.3) is 10.2 Å². The third-order valence-electron chi connectivity index (χ3n) is 15.1. The minimum absolute atomic E-state index is 0.115. The molecule has 17 heteroatoms. The SMILES string of the molecule is C=CC(=O)OCCCCCCOc1ccc(OC(=O)[C@H]2CC[C@H](C(=O)Oc3ccc(OC(=O)[C@H]4CC[C@H](C(=CC)Oc5ccc(OCCCCCCOC(=O)C=C)cc5)CC4)c(/C=N/N(c4ccc(C)cc4)c4nc5ccccc5s4)c3)CC2)cc1. The quantitative estimate of drug-likeness (QED) is 0.00760. The maximum absolute atomic E-state index is 14.1. The van der Waals surface area contributed by atoms with Crippen LogP contribution in [-0.4, -0.2) is 67.5 Å². The molecule has 2 aliphatic carbocycles. The number of unbranched alkanes of at least 4 members (excludes halogenated alkanes) is 6. The third kappa shape index (κ3) is 19.5. The van der Waals surface area contributed by atoms with Crippen molar-refractivity contribution in [1.82, 2.24) is 4.98 Å². The molecule has 1 heterocycles. The van der Waals surface area contributed by atoms with E-state index in [9.17, 15) is 24.0 Å². The highest BCUT2D eigenvalue weighted by Crippen LogP contribution is 2.38. The summed E-state index contributed by atoms with van der Waals surface area (Å²) in [7, 11) is 0. The molecule has 2 aliphatic rings. The van der Waals surface area contributed by atoms with Gasteiger partial charge >= 0.3 is 29.8 Å². The Morgan fingerprint density at radius 3 is 1.53 bits per heavy atom. The van der Waals surface area contributed by atoms with Crippen LogP contribution in [0.3, 0.4) is 0 Å². The Hall–Kier alpha value is -8.57. The number of allylic oxidation sites excluding steroid dienone is 2. The number of carbonyl (C=O) groups excluding carboxylic acids is 5. The first kappa shape index (κ1) is 63.5. The van der Waals surface area contributed by atoms with E-state index in [2.05, 4.69) is 13.2 Å². The normalized spacial score (nSPS) is 16.8. The number of aryl methyl sites for hydroxylation is 1. The average molecular weight is 1190 g/mol. The number of hydrogen-bond acceptors (Lipinski definition) is 17.